The zero-order valence-corrected chi connectivity index (χ0v) is 17.4. The molecule has 1 amide bonds. The van der Waals surface area contributed by atoms with Crippen molar-refractivity contribution in [1.82, 2.24) is 29.6 Å². The average Bonchev–Trinajstić information content (AvgIpc) is 3.39. The Labute approximate surface area is 180 Å². The zero-order chi connectivity index (χ0) is 21.6. The molecule has 5 heterocycles. The molecule has 1 aliphatic rings. The molecule has 7 nitrogen and oxygen atoms in total. The fraction of sp³-hybridized carbons (Fsp3) is 0.286. The normalized spacial score (nSPS) is 16.0. The third-order valence-corrected chi connectivity index (χ3v) is 6.39. The third kappa shape index (κ3) is 3.67. The number of piperidine rings is 1. The van der Waals surface area contributed by atoms with E-state index < -0.39 is 5.92 Å². The highest BCUT2D eigenvalue weighted by Gasteiger charge is 2.36. The van der Waals surface area contributed by atoms with Crippen molar-refractivity contribution in [2.75, 3.05) is 13.1 Å². The van der Waals surface area contributed by atoms with Crippen molar-refractivity contribution >= 4 is 27.5 Å². The number of alkyl halides is 2. The minimum Gasteiger partial charge on any atom is -0.338 e. The number of aryl methyl sites for hydroxylation is 1. The number of thiophene rings is 1. The van der Waals surface area contributed by atoms with E-state index in [4.69, 9.17) is 4.98 Å². The molecule has 0 atom stereocenters. The summed E-state index contributed by atoms with van der Waals surface area (Å²) in [6.45, 7) is 0.0859. The monoisotopic (exact) mass is 440 g/mol. The second-order valence-corrected chi connectivity index (χ2v) is 8.49. The van der Waals surface area contributed by atoms with Crippen molar-refractivity contribution in [1.29, 1.82) is 0 Å². The second-order valence-electron chi connectivity index (χ2n) is 7.46. The van der Waals surface area contributed by atoms with Gasteiger partial charge in [-0.15, -0.1) is 11.3 Å². The van der Waals surface area contributed by atoms with Crippen LogP contribution in [0.1, 0.15) is 22.5 Å². The van der Waals surface area contributed by atoms with E-state index in [-0.39, 0.29) is 31.8 Å². The van der Waals surface area contributed by atoms with Crippen LogP contribution in [-0.4, -0.2) is 54.6 Å². The molecule has 0 unspecified atom stereocenters. The fourth-order valence-electron chi connectivity index (χ4n) is 3.65. The predicted octanol–water partition coefficient (Wildman–Crippen LogP) is 4.03. The summed E-state index contributed by atoms with van der Waals surface area (Å²) in [5.41, 5.74) is 2.20. The van der Waals surface area contributed by atoms with E-state index in [2.05, 4.69) is 15.1 Å². The third-order valence-electron chi connectivity index (χ3n) is 5.37. The lowest BCUT2D eigenvalue weighted by atomic mass is 10.1. The fourth-order valence-corrected chi connectivity index (χ4v) is 4.64. The molecule has 0 saturated carbocycles. The van der Waals surface area contributed by atoms with Crippen LogP contribution in [0.4, 0.5) is 8.78 Å². The van der Waals surface area contributed by atoms with Gasteiger partial charge < -0.3 is 4.90 Å². The molecule has 1 fully saturated rings. The molecule has 4 aromatic rings. The van der Waals surface area contributed by atoms with E-state index in [1.54, 1.807) is 29.3 Å². The number of carbonyl (C=O) groups excluding carboxylic acids is 1. The molecule has 1 aliphatic heterocycles. The molecule has 0 aliphatic carbocycles. The summed E-state index contributed by atoms with van der Waals surface area (Å²) in [7, 11) is 1.82. The van der Waals surface area contributed by atoms with Crippen LogP contribution in [0.15, 0.2) is 42.9 Å². The summed E-state index contributed by atoms with van der Waals surface area (Å²) in [6.07, 6.45) is 4.42. The molecular weight excluding hydrogens is 422 g/mol. The van der Waals surface area contributed by atoms with E-state index in [1.165, 1.54) is 16.2 Å². The van der Waals surface area contributed by atoms with Gasteiger partial charge in [-0.05, 0) is 24.3 Å². The number of likely N-dealkylation sites (tertiary alicyclic amines) is 1. The van der Waals surface area contributed by atoms with Crippen molar-refractivity contribution in [2.24, 2.45) is 7.05 Å². The number of amides is 1. The number of rotatable bonds is 3. The van der Waals surface area contributed by atoms with Crippen LogP contribution in [-0.2, 0) is 7.05 Å². The molecule has 0 spiro atoms. The summed E-state index contributed by atoms with van der Waals surface area (Å²) >= 11 is 1.25. The van der Waals surface area contributed by atoms with Crippen LogP contribution in [0.2, 0.25) is 0 Å². The van der Waals surface area contributed by atoms with Gasteiger partial charge in [0.15, 0.2) is 5.82 Å². The number of nitrogens with zero attached hydrogens (tertiary/aromatic N) is 6. The highest BCUT2D eigenvalue weighted by molar-refractivity contribution is 7.20. The van der Waals surface area contributed by atoms with Crippen molar-refractivity contribution in [3.8, 4) is 22.8 Å². The molecule has 0 N–H and O–H groups in total. The van der Waals surface area contributed by atoms with Crippen molar-refractivity contribution < 1.29 is 13.6 Å². The first-order valence-electron chi connectivity index (χ1n) is 9.79. The Hall–Kier alpha value is -3.27. The highest BCUT2D eigenvalue weighted by Crippen LogP contribution is 2.35. The number of pyridine rings is 1. The maximum atomic E-state index is 13.5. The topological polar surface area (TPSA) is 76.8 Å². The Balaban J connectivity index is 1.60. The number of carbonyl (C=O) groups is 1. The van der Waals surface area contributed by atoms with Crippen LogP contribution < -0.4 is 0 Å². The van der Waals surface area contributed by atoms with E-state index in [1.807, 2.05) is 25.2 Å². The van der Waals surface area contributed by atoms with Crippen LogP contribution in [0.3, 0.4) is 0 Å². The van der Waals surface area contributed by atoms with Gasteiger partial charge in [-0.3, -0.25) is 14.5 Å². The first kappa shape index (κ1) is 19.7. The lowest BCUT2D eigenvalue weighted by Crippen LogP contribution is -2.42. The molecular formula is C21H18F2N6OS. The average molecular weight is 440 g/mol. The predicted molar refractivity (Wildman–Crippen MR) is 113 cm³/mol. The maximum absolute atomic E-state index is 13.5. The Morgan fingerprint density at radius 1 is 1.16 bits per heavy atom. The lowest BCUT2D eigenvalue weighted by Gasteiger charge is -2.31. The summed E-state index contributed by atoms with van der Waals surface area (Å²) in [5.74, 6) is -2.46. The molecule has 158 valence electrons. The maximum Gasteiger partial charge on any atom is 0.264 e. The first-order valence-corrected chi connectivity index (χ1v) is 10.6. The highest BCUT2D eigenvalue weighted by atomic mass is 32.1. The van der Waals surface area contributed by atoms with Crippen LogP contribution in [0.25, 0.3) is 33.0 Å². The Bertz CT molecular complexity index is 1260. The van der Waals surface area contributed by atoms with Crippen molar-refractivity contribution in [2.45, 2.75) is 18.8 Å². The second kappa shape index (κ2) is 7.45. The molecule has 0 radical (unpaired) electrons. The van der Waals surface area contributed by atoms with E-state index in [9.17, 15) is 13.6 Å². The first-order chi connectivity index (χ1) is 14.9. The van der Waals surface area contributed by atoms with E-state index in [0.717, 1.165) is 16.6 Å². The molecule has 0 aromatic carbocycles. The van der Waals surface area contributed by atoms with Gasteiger partial charge in [0.1, 0.15) is 10.5 Å². The Morgan fingerprint density at radius 2 is 1.97 bits per heavy atom. The minimum atomic E-state index is -2.70. The van der Waals surface area contributed by atoms with Gasteiger partial charge in [0, 0.05) is 62.5 Å². The van der Waals surface area contributed by atoms with Gasteiger partial charge in [0.2, 0.25) is 0 Å². The van der Waals surface area contributed by atoms with Gasteiger partial charge in [0.05, 0.1) is 10.6 Å². The molecule has 1 saturated heterocycles. The number of aromatic nitrogens is 5. The number of hydrogen-bond acceptors (Lipinski definition) is 6. The van der Waals surface area contributed by atoms with Crippen molar-refractivity contribution in [3.63, 3.8) is 0 Å². The minimum absolute atomic E-state index is 0.0429. The molecule has 4 aromatic heterocycles. The summed E-state index contributed by atoms with van der Waals surface area (Å²) in [5, 5.41) is 4.96. The van der Waals surface area contributed by atoms with Crippen LogP contribution in [0, 0.1) is 0 Å². The van der Waals surface area contributed by atoms with Gasteiger partial charge in [-0.2, -0.15) is 5.10 Å². The number of hydrogen-bond donors (Lipinski definition) is 0. The standard InChI is InChI=1S/C21H18F2N6OS/c1-28-15(4-8-25-28)17-14-11-16(20(30)29-9-5-21(22,23)6-10-29)31-19(14)27-18(26-17)13-3-2-7-24-12-13/h2-4,7-8,11-12H,5-6,9-10H2,1H3. The molecule has 5 rings (SSSR count). The Kier molecular flexibility index (Phi) is 4.73. The molecule has 0 bridgehead atoms. The largest absolute Gasteiger partial charge is 0.338 e. The van der Waals surface area contributed by atoms with E-state index in [0.29, 0.717) is 21.2 Å². The SMILES string of the molecule is Cn1nccc1-c1nc(-c2cccnc2)nc2sc(C(=O)N3CCC(F)(F)CC3)cc12. The summed E-state index contributed by atoms with van der Waals surface area (Å²) in [4.78, 5) is 29.2. The zero-order valence-electron chi connectivity index (χ0n) is 16.6. The van der Waals surface area contributed by atoms with Gasteiger partial charge >= 0.3 is 0 Å². The van der Waals surface area contributed by atoms with Gasteiger partial charge in [0.25, 0.3) is 11.8 Å². The van der Waals surface area contributed by atoms with Gasteiger partial charge in [-0.25, -0.2) is 18.7 Å². The quantitative estimate of drug-likeness (QED) is 0.481. The van der Waals surface area contributed by atoms with E-state index >= 15 is 0 Å². The number of halogens is 2. The summed E-state index contributed by atoms with van der Waals surface area (Å²) < 4.78 is 28.7. The molecule has 10 heteroatoms. The smallest absolute Gasteiger partial charge is 0.264 e. The molecule has 31 heavy (non-hydrogen) atoms. The Morgan fingerprint density at radius 3 is 2.65 bits per heavy atom. The summed E-state index contributed by atoms with van der Waals surface area (Å²) in [6, 6.07) is 7.28. The van der Waals surface area contributed by atoms with Gasteiger partial charge in [-0.1, -0.05) is 0 Å². The van der Waals surface area contributed by atoms with Crippen LogP contribution >= 0.6 is 11.3 Å². The van der Waals surface area contributed by atoms with Crippen LogP contribution in [0.5, 0.6) is 0 Å². The van der Waals surface area contributed by atoms with Crippen molar-refractivity contribution in [3.05, 3.63) is 47.7 Å². The number of fused-ring (bicyclic) bond motifs is 1. The lowest BCUT2D eigenvalue weighted by molar-refractivity contribution is -0.0493.